The Morgan fingerprint density at radius 2 is 1.93 bits per heavy atom. The smallest absolute Gasteiger partial charge is 0.269 e. The van der Waals surface area contributed by atoms with E-state index in [1.807, 2.05) is 26.0 Å². The molecule has 158 valence electrons. The molecule has 1 aliphatic rings. The summed E-state index contributed by atoms with van der Waals surface area (Å²) in [6.07, 6.45) is 1.52. The van der Waals surface area contributed by atoms with E-state index in [1.54, 1.807) is 25.2 Å². The molecule has 9 heteroatoms. The number of nitrogens with zero attached hydrogens (tertiary/aromatic N) is 1. The minimum absolute atomic E-state index is 0. The number of rotatable bonds is 6. The van der Waals surface area contributed by atoms with Crippen molar-refractivity contribution in [3.05, 3.63) is 47.8 Å². The first-order valence-corrected chi connectivity index (χ1v) is 8.96. The number of carbonyl (C=O) groups excluding carboxylic acids is 2. The number of halogens is 2. The van der Waals surface area contributed by atoms with Gasteiger partial charge >= 0.3 is 0 Å². The van der Waals surface area contributed by atoms with Crippen molar-refractivity contribution in [2.24, 2.45) is 11.8 Å². The second-order valence-electron chi connectivity index (χ2n) is 6.73. The quantitative estimate of drug-likeness (QED) is 0.641. The number of nitrogens with one attached hydrogen (secondary N) is 3. The fraction of sp³-hybridized carbons (Fsp3) is 0.350. The normalized spacial score (nSPS) is 13.8. The Hall–Kier alpha value is -2.35. The molecule has 3 rings (SSSR count). The van der Waals surface area contributed by atoms with Crippen LogP contribution in [0.4, 0.5) is 5.69 Å². The van der Waals surface area contributed by atoms with Gasteiger partial charge in [-0.3, -0.25) is 14.6 Å². The third-order valence-electron chi connectivity index (χ3n) is 4.81. The lowest BCUT2D eigenvalue weighted by Crippen LogP contribution is -2.48. The number of carbonyl (C=O) groups is 2. The first kappa shape index (κ1) is 24.7. The Morgan fingerprint density at radius 1 is 1.21 bits per heavy atom. The molecule has 0 aliphatic carbocycles. The van der Waals surface area contributed by atoms with Crippen LogP contribution in [0.5, 0.6) is 11.5 Å². The summed E-state index contributed by atoms with van der Waals surface area (Å²) in [5, 5.41) is 8.68. The Kier molecular flexibility index (Phi) is 9.36. The number of aromatic nitrogens is 1. The van der Waals surface area contributed by atoms with Crippen molar-refractivity contribution in [2.45, 2.75) is 13.8 Å². The van der Waals surface area contributed by atoms with Crippen molar-refractivity contribution in [3.8, 4) is 11.5 Å². The van der Waals surface area contributed by atoms with Gasteiger partial charge in [0.1, 0.15) is 17.2 Å². The van der Waals surface area contributed by atoms with Gasteiger partial charge in [0.05, 0.1) is 0 Å². The van der Waals surface area contributed by atoms with Crippen molar-refractivity contribution < 1.29 is 14.3 Å². The van der Waals surface area contributed by atoms with E-state index in [2.05, 4.69) is 20.9 Å². The van der Waals surface area contributed by atoms with E-state index >= 15 is 0 Å². The maximum absolute atomic E-state index is 12.4. The average Bonchev–Trinajstić information content (AvgIpc) is 2.62. The number of ether oxygens (including phenoxy) is 1. The molecule has 0 radical (unpaired) electrons. The van der Waals surface area contributed by atoms with Crippen molar-refractivity contribution >= 4 is 42.3 Å². The molecule has 1 atom stereocenters. The van der Waals surface area contributed by atoms with Gasteiger partial charge in [-0.15, -0.1) is 24.8 Å². The molecule has 2 amide bonds. The van der Waals surface area contributed by atoms with Crippen LogP contribution in [0.3, 0.4) is 0 Å². The van der Waals surface area contributed by atoms with Gasteiger partial charge in [-0.2, -0.15) is 0 Å². The van der Waals surface area contributed by atoms with E-state index in [4.69, 9.17) is 4.74 Å². The van der Waals surface area contributed by atoms with E-state index < -0.39 is 0 Å². The molecule has 0 spiro atoms. The van der Waals surface area contributed by atoms with E-state index in [0.29, 0.717) is 23.1 Å². The van der Waals surface area contributed by atoms with Gasteiger partial charge in [0.2, 0.25) is 5.91 Å². The number of anilines is 1. The molecule has 0 bridgehead atoms. The van der Waals surface area contributed by atoms with E-state index in [-0.39, 0.29) is 48.2 Å². The molecule has 1 aromatic carbocycles. The third-order valence-corrected chi connectivity index (χ3v) is 4.81. The van der Waals surface area contributed by atoms with E-state index in [9.17, 15) is 9.59 Å². The molecule has 1 unspecified atom stereocenters. The van der Waals surface area contributed by atoms with E-state index in [0.717, 1.165) is 18.7 Å². The summed E-state index contributed by atoms with van der Waals surface area (Å²) < 4.78 is 5.93. The molecule has 0 saturated carbocycles. The highest BCUT2D eigenvalue weighted by Gasteiger charge is 2.28. The SMILES string of the molecule is CNC(=O)c1cc(Oc2cc(NC(=O)C(C)C3CNC3)ccc2C)ccn1.Cl.Cl. The summed E-state index contributed by atoms with van der Waals surface area (Å²) in [5.41, 5.74) is 1.88. The van der Waals surface area contributed by atoms with Gasteiger partial charge in [-0.1, -0.05) is 13.0 Å². The molecule has 3 N–H and O–H groups in total. The predicted molar refractivity (Wildman–Crippen MR) is 118 cm³/mol. The number of aryl methyl sites for hydroxylation is 1. The standard InChI is InChI=1S/C20H24N4O3.2ClH/c1-12-4-5-15(24-19(25)13(2)14-10-22-11-14)8-18(12)27-16-6-7-23-17(9-16)20(26)21-3;;/h4-9,13-14,22H,10-11H2,1-3H3,(H,21,26)(H,24,25);2*1H. The van der Waals surface area contributed by atoms with Crippen LogP contribution in [0.2, 0.25) is 0 Å². The molecular weight excluding hydrogens is 415 g/mol. The highest BCUT2D eigenvalue weighted by molar-refractivity contribution is 5.93. The number of hydrogen-bond donors (Lipinski definition) is 3. The third kappa shape index (κ3) is 6.06. The fourth-order valence-electron chi connectivity index (χ4n) is 2.78. The van der Waals surface area contributed by atoms with Crippen LogP contribution in [0.15, 0.2) is 36.5 Å². The van der Waals surface area contributed by atoms with Crippen LogP contribution in [0.1, 0.15) is 23.0 Å². The predicted octanol–water partition coefficient (Wildman–Crippen LogP) is 3.18. The summed E-state index contributed by atoms with van der Waals surface area (Å²) in [5.74, 6) is 1.17. The maximum Gasteiger partial charge on any atom is 0.269 e. The highest BCUT2D eigenvalue weighted by Crippen LogP contribution is 2.29. The average molecular weight is 441 g/mol. The Balaban J connectivity index is 0.00000210. The highest BCUT2D eigenvalue weighted by atomic mass is 35.5. The second-order valence-corrected chi connectivity index (χ2v) is 6.73. The monoisotopic (exact) mass is 440 g/mol. The Morgan fingerprint density at radius 3 is 2.55 bits per heavy atom. The van der Waals surface area contributed by atoms with Crippen LogP contribution < -0.4 is 20.7 Å². The van der Waals surface area contributed by atoms with Crippen LogP contribution in [-0.2, 0) is 4.79 Å². The zero-order valence-electron chi connectivity index (χ0n) is 16.5. The van der Waals surface area contributed by atoms with Gasteiger partial charge in [0, 0.05) is 37.0 Å². The zero-order valence-corrected chi connectivity index (χ0v) is 18.2. The molecule has 29 heavy (non-hydrogen) atoms. The van der Waals surface area contributed by atoms with Gasteiger partial charge < -0.3 is 20.7 Å². The first-order valence-electron chi connectivity index (χ1n) is 8.96. The van der Waals surface area contributed by atoms with Crippen molar-refractivity contribution in [1.82, 2.24) is 15.6 Å². The van der Waals surface area contributed by atoms with Crippen LogP contribution in [0.25, 0.3) is 0 Å². The van der Waals surface area contributed by atoms with Crippen molar-refractivity contribution in [3.63, 3.8) is 0 Å². The summed E-state index contributed by atoms with van der Waals surface area (Å²) in [7, 11) is 1.55. The summed E-state index contributed by atoms with van der Waals surface area (Å²) in [6.45, 7) is 5.63. The largest absolute Gasteiger partial charge is 0.457 e. The van der Waals surface area contributed by atoms with Crippen molar-refractivity contribution in [1.29, 1.82) is 0 Å². The minimum atomic E-state index is -0.280. The Labute approximate surface area is 182 Å². The molecule has 7 nitrogen and oxygen atoms in total. The van der Waals surface area contributed by atoms with Gasteiger partial charge in [-0.25, -0.2) is 0 Å². The number of hydrogen-bond acceptors (Lipinski definition) is 5. The second kappa shape index (κ2) is 11.0. The van der Waals surface area contributed by atoms with Crippen LogP contribution in [-0.4, -0.2) is 36.9 Å². The lowest BCUT2D eigenvalue weighted by Gasteiger charge is -2.31. The maximum atomic E-state index is 12.4. The summed E-state index contributed by atoms with van der Waals surface area (Å²) in [6, 6.07) is 8.80. The molecule has 1 saturated heterocycles. The van der Waals surface area contributed by atoms with Crippen LogP contribution >= 0.6 is 24.8 Å². The summed E-state index contributed by atoms with van der Waals surface area (Å²) >= 11 is 0. The number of amides is 2. The summed E-state index contributed by atoms with van der Waals surface area (Å²) in [4.78, 5) is 28.2. The molecule has 1 aromatic heterocycles. The lowest BCUT2D eigenvalue weighted by atomic mass is 9.88. The van der Waals surface area contributed by atoms with Gasteiger partial charge in [0.25, 0.3) is 5.91 Å². The van der Waals surface area contributed by atoms with Crippen LogP contribution in [0, 0.1) is 18.8 Å². The number of benzene rings is 1. The molecule has 1 aliphatic heterocycles. The topological polar surface area (TPSA) is 92.4 Å². The molecule has 1 fully saturated rings. The fourth-order valence-corrected chi connectivity index (χ4v) is 2.78. The molecule has 2 aromatic rings. The van der Waals surface area contributed by atoms with Gasteiger partial charge in [-0.05, 0) is 43.6 Å². The van der Waals surface area contributed by atoms with Crippen molar-refractivity contribution in [2.75, 3.05) is 25.5 Å². The minimum Gasteiger partial charge on any atom is -0.457 e. The lowest BCUT2D eigenvalue weighted by molar-refractivity contribution is -0.121. The first-order chi connectivity index (χ1) is 13.0. The molecular formula is C20H26Cl2N4O3. The zero-order chi connectivity index (χ0) is 19.4. The number of pyridine rings is 1. The molecule has 2 heterocycles. The van der Waals surface area contributed by atoms with E-state index in [1.165, 1.54) is 6.20 Å². The van der Waals surface area contributed by atoms with Gasteiger partial charge in [0.15, 0.2) is 0 Å². The Bertz CT molecular complexity index is 859.